The molecule has 2 N–H and O–H groups in total. The molecule has 82 valence electrons. The van der Waals surface area contributed by atoms with Crippen LogP contribution in [-0.4, -0.2) is 5.54 Å². The number of rotatable bonds is 4. The summed E-state index contributed by atoms with van der Waals surface area (Å²) in [7, 11) is 0. The first-order chi connectivity index (χ1) is 6.97. The van der Waals surface area contributed by atoms with E-state index in [2.05, 4.69) is 12.2 Å². The van der Waals surface area contributed by atoms with Crippen LogP contribution in [0.5, 0.6) is 0 Å². The van der Waals surface area contributed by atoms with Crippen molar-refractivity contribution in [3.05, 3.63) is 40.9 Å². The highest BCUT2D eigenvalue weighted by atomic mass is 35.5. The quantitative estimate of drug-likeness (QED) is 0.824. The van der Waals surface area contributed by atoms with Crippen molar-refractivity contribution < 1.29 is 0 Å². The highest BCUT2D eigenvalue weighted by molar-refractivity contribution is 6.30. The van der Waals surface area contributed by atoms with Crippen molar-refractivity contribution in [2.24, 2.45) is 5.73 Å². The maximum absolute atomic E-state index is 5.88. The minimum Gasteiger partial charge on any atom is -0.326 e. The van der Waals surface area contributed by atoms with Gasteiger partial charge in [-0.05, 0) is 44.4 Å². The summed E-state index contributed by atoms with van der Waals surface area (Å²) < 4.78 is 0. The van der Waals surface area contributed by atoms with Gasteiger partial charge in [0.1, 0.15) is 0 Å². The van der Waals surface area contributed by atoms with Gasteiger partial charge in [0.15, 0.2) is 0 Å². The molecule has 1 rings (SSSR count). The molecule has 0 aliphatic rings. The Morgan fingerprint density at radius 3 is 2.40 bits per heavy atom. The predicted octanol–water partition coefficient (Wildman–Crippen LogP) is 3.87. The first kappa shape index (κ1) is 12.3. The van der Waals surface area contributed by atoms with Crippen molar-refractivity contribution in [2.75, 3.05) is 0 Å². The molecule has 1 aromatic carbocycles. The SMILES string of the molecule is CC(C)(N)CC/C=C/c1ccc(Cl)cc1. The molecule has 0 aliphatic carbocycles. The van der Waals surface area contributed by atoms with Gasteiger partial charge in [0, 0.05) is 10.6 Å². The molecule has 0 spiro atoms. The van der Waals surface area contributed by atoms with Gasteiger partial charge >= 0.3 is 0 Å². The van der Waals surface area contributed by atoms with Gasteiger partial charge in [-0.2, -0.15) is 0 Å². The second kappa shape index (κ2) is 5.34. The van der Waals surface area contributed by atoms with Gasteiger partial charge in [0.05, 0.1) is 0 Å². The van der Waals surface area contributed by atoms with Crippen LogP contribution < -0.4 is 5.73 Å². The van der Waals surface area contributed by atoms with Crippen molar-refractivity contribution in [1.29, 1.82) is 0 Å². The minimum absolute atomic E-state index is 0.0790. The Morgan fingerprint density at radius 1 is 1.27 bits per heavy atom. The van der Waals surface area contributed by atoms with E-state index in [1.807, 2.05) is 38.1 Å². The van der Waals surface area contributed by atoms with E-state index < -0.39 is 0 Å². The molecule has 0 atom stereocenters. The minimum atomic E-state index is -0.0790. The third-order valence-electron chi connectivity index (χ3n) is 2.14. The number of benzene rings is 1. The summed E-state index contributed by atoms with van der Waals surface area (Å²) >= 11 is 5.79. The summed E-state index contributed by atoms with van der Waals surface area (Å²) in [5, 5.41) is 0.773. The van der Waals surface area contributed by atoms with Crippen LogP contribution in [0.1, 0.15) is 32.3 Å². The average molecular weight is 224 g/mol. The van der Waals surface area contributed by atoms with Crippen LogP contribution in [0.3, 0.4) is 0 Å². The molecule has 0 radical (unpaired) electrons. The number of hydrogen-bond acceptors (Lipinski definition) is 1. The summed E-state index contributed by atoms with van der Waals surface area (Å²) in [5.41, 5.74) is 6.98. The maximum Gasteiger partial charge on any atom is 0.0406 e. The maximum atomic E-state index is 5.88. The zero-order valence-electron chi connectivity index (χ0n) is 9.33. The molecule has 0 heterocycles. The molecule has 1 nitrogen and oxygen atoms in total. The molecule has 0 bridgehead atoms. The van der Waals surface area contributed by atoms with Gasteiger partial charge in [0.25, 0.3) is 0 Å². The molecular formula is C13H18ClN. The Bertz CT molecular complexity index is 319. The lowest BCUT2D eigenvalue weighted by atomic mass is 10.00. The molecule has 0 unspecified atom stereocenters. The zero-order chi connectivity index (χ0) is 11.3. The molecule has 0 amide bonds. The van der Waals surface area contributed by atoms with Crippen molar-refractivity contribution in [3.8, 4) is 0 Å². The van der Waals surface area contributed by atoms with Crippen molar-refractivity contribution in [1.82, 2.24) is 0 Å². The Balaban J connectivity index is 2.42. The zero-order valence-corrected chi connectivity index (χ0v) is 10.1. The lowest BCUT2D eigenvalue weighted by molar-refractivity contribution is 0.482. The molecule has 15 heavy (non-hydrogen) atoms. The lowest BCUT2D eigenvalue weighted by Crippen LogP contribution is -2.31. The van der Waals surface area contributed by atoms with Gasteiger partial charge in [-0.25, -0.2) is 0 Å². The molecule has 1 aromatic rings. The fourth-order valence-corrected chi connectivity index (χ4v) is 1.37. The number of halogens is 1. The van der Waals surface area contributed by atoms with Gasteiger partial charge in [-0.15, -0.1) is 0 Å². The monoisotopic (exact) mass is 223 g/mol. The van der Waals surface area contributed by atoms with E-state index in [0.29, 0.717) is 0 Å². The van der Waals surface area contributed by atoms with Crippen LogP contribution in [0, 0.1) is 0 Å². The van der Waals surface area contributed by atoms with Crippen LogP contribution in [0.4, 0.5) is 0 Å². The topological polar surface area (TPSA) is 26.0 Å². The molecule has 0 aromatic heterocycles. The normalized spacial score (nSPS) is 12.3. The van der Waals surface area contributed by atoms with Gasteiger partial charge < -0.3 is 5.73 Å². The van der Waals surface area contributed by atoms with E-state index >= 15 is 0 Å². The number of nitrogens with two attached hydrogens (primary N) is 1. The van der Waals surface area contributed by atoms with E-state index in [-0.39, 0.29) is 5.54 Å². The standard InChI is InChI=1S/C13H18ClN/c1-13(2,15)10-4-3-5-11-6-8-12(14)9-7-11/h3,5-9H,4,10,15H2,1-2H3/b5-3+. The first-order valence-electron chi connectivity index (χ1n) is 5.18. The number of hydrogen-bond donors (Lipinski definition) is 1. The highest BCUT2D eigenvalue weighted by Gasteiger charge is 2.07. The van der Waals surface area contributed by atoms with E-state index in [1.54, 1.807) is 0 Å². The van der Waals surface area contributed by atoms with E-state index in [0.717, 1.165) is 17.9 Å². The summed E-state index contributed by atoms with van der Waals surface area (Å²) in [6, 6.07) is 7.81. The van der Waals surface area contributed by atoms with Crippen molar-refractivity contribution >= 4 is 17.7 Å². The van der Waals surface area contributed by atoms with E-state index in [4.69, 9.17) is 17.3 Å². The molecule has 0 saturated heterocycles. The fraction of sp³-hybridized carbons (Fsp3) is 0.385. The van der Waals surface area contributed by atoms with Crippen LogP contribution in [0.15, 0.2) is 30.3 Å². The van der Waals surface area contributed by atoms with E-state index in [9.17, 15) is 0 Å². The highest BCUT2D eigenvalue weighted by Crippen LogP contribution is 2.12. The summed E-state index contributed by atoms with van der Waals surface area (Å²) in [5.74, 6) is 0. The molecule has 0 fully saturated rings. The lowest BCUT2D eigenvalue weighted by Gasteiger charge is -2.16. The van der Waals surface area contributed by atoms with Crippen LogP contribution in [-0.2, 0) is 0 Å². The Hall–Kier alpha value is -0.790. The largest absolute Gasteiger partial charge is 0.326 e. The summed E-state index contributed by atoms with van der Waals surface area (Å²) in [6.07, 6.45) is 6.25. The van der Waals surface area contributed by atoms with Gasteiger partial charge in [0.2, 0.25) is 0 Å². The molecule has 2 heteroatoms. The average Bonchev–Trinajstić information content (AvgIpc) is 2.14. The van der Waals surface area contributed by atoms with Gasteiger partial charge in [-0.1, -0.05) is 35.9 Å². The Kier molecular flexibility index (Phi) is 4.37. The molecule has 0 aliphatic heterocycles. The fourth-order valence-electron chi connectivity index (χ4n) is 1.25. The number of allylic oxidation sites excluding steroid dienone is 1. The van der Waals surface area contributed by atoms with Gasteiger partial charge in [-0.3, -0.25) is 0 Å². The first-order valence-corrected chi connectivity index (χ1v) is 5.56. The van der Waals surface area contributed by atoms with Crippen LogP contribution >= 0.6 is 11.6 Å². The second-order valence-corrected chi connectivity index (χ2v) is 4.92. The Labute approximate surface area is 96.9 Å². The smallest absolute Gasteiger partial charge is 0.0406 e. The van der Waals surface area contributed by atoms with E-state index in [1.165, 1.54) is 5.56 Å². The summed E-state index contributed by atoms with van der Waals surface area (Å²) in [4.78, 5) is 0. The molecular weight excluding hydrogens is 206 g/mol. The van der Waals surface area contributed by atoms with Crippen LogP contribution in [0.25, 0.3) is 6.08 Å². The van der Waals surface area contributed by atoms with Crippen molar-refractivity contribution in [3.63, 3.8) is 0 Å². The third kappa shape index (κ3) is 5.60. The molecule has 0 saturated carbocycles. The second-order valence-electron chi connectivity index (χ2n) is 4.48. The Morgan fingerprint density at radius 2 is 1.87 bits per heavy atom. The van der Waals surface area contributed by atoms with Crippen LogP contribution in [0.2, 0.25) is 5.02 Å². The third-order valence-corrected chi connectivity index (χ3v) is 2.39. The summed E-state index contributed by atoms with van der Waals surface area (Å²) in [6.45, 7) is 4.09. The van der Waals surface area contributed by atoms with Crippen molar-refractivity contribution in [2.45, 2.75) is 32.2 Å². The predicted molar refractivity (Wildman–Crippen MR) is 68.0 cm³/mol.